The molecule has 1 atom stereocenters. The van der Waals surface area contributed by atoms with Crippen molar-refractivity contribution >= 4 is 16.7 Å². The van der Waals surface area contributed by atoms with Gasteiger partial charge >= 0.3 is 0 Å². The molecule has 0 radical (unpaired) electrons. The number of ether oxygens (including phenoxy) is 1. The Morgan fingerprint density at radius 3 is 2.64 bits per heavy atom. The van der Waals surface area contributed by atoms with Crippen molar-refractivity contribution in [3.8, 4) is 11.5 Å². The SMILES string of the molecule is COc1cc2ncnc(N[C@@H](C)c3ccccc3)c2cc1O. The number of anilines is 1. The van der Waals surface area contributed by atoms with E-state index < -0.39 is 0 Å². The zero-order chi connectivity index (χ0) is 15.5. The number of aromatic nitrogens is 2. The third-order valence-corrected chi connectivity index (χ3v) is 3.59. The van der Waals surface area contributed by atoms with Crippen LogP contribution in [-0.4, -0.2) is 22.2 Å². The van der Waals surface area contributed by atoms with Gasteiger partial charge in [-0.3, -0.25) is 0 Å². The van der Waals surface area contributed by atoms with Crippen LogP contribution >= 0.6 is 0 Å². The molecule has 1 aromatic heterocycles. The summed E-state index contributed by atoms with van der Waals surface area (Å²) >= 11 is 0. The van der Waals surface area contributed by atoms with Gasteiger partial charge in [-0.15, -0.1) is 0 Å². The first-order chi connectivity index (χ1) is 10.7. The molecule has 5 heteroatoms. The van der Waals surface area contributed by atoms with Gasteiger partial charge in [0, 0.05) is 17.5 Å². The molecule has 112 valence electrons. The van der Waals surface area contributed by atoms with E-state index in [1.807, 2.05) is 18.2 Å². The van der Waals surface area contributed by atoms with Gasteiger partial charge in [-0.2, -0.15) is 0 Å². The molecule has 0 spiro atoms. The van der Waals surface area contributed by atoms with Crippen molar-refractivity contribution in [2.75, 3.05) is 12.4 Å². The van der Waals surface area contributed by atoms with E-state index in [4.69, 9.17) is 4.74 Å². The summed E-state index contributed by atoms with van der Waals surface area (Å²) in [4.78, 5) is 8.52. The lowest BCUT2D eigenvalue weighted by Gasteiger charge is -2.16. The first kappa shape index (κ1) is 14.1. The Hall–Kier alpha value is -2.82. The molecule has 22 heavy (non-hydrogen) atoms. The number of phenolic OH excluding ortho intramolecular Hbond substituents is 1. The highest BCUT2D eigenvalue weighted by atomic mass is 16.5. The lowest BCUT2D eigenvalue weighted by Crippen LogP contribution is -2.08. The second-order valence-corrected chi connectivity index (χ2v) is 5.04. The molecule has 3 aromatic rings. The summed E-state index contributed by atoms with van der Waals surface area (Å²) in [5, 5.41) is 14.1. The summed E-state index contributed by atoms with van der Waals surface area (Å²) in [6.45, 7) is 2.06. The van der Waals surface area contributed by atoms with Crippen LogP contribution < -0.4 is 10.1 Å². The largest absolute Gasteiger partial charge is 0.504 e. The molecule has 0 aliphatic heterocycles. The monoisotopic (exact) mass is 295 g/mol. The minimum atomic E-state index is 0.0696. The number of methoxy groups -OCH3 is 1. The van der Waals surface area contributed by atoms with Gasteiger partial charge in [-0.1, -0.05) is 30.3 Å². The molecule has 1 heterocycles. The van der Waals surface area contributed by atoms with Crippen molar-refractivity contribution in [3.05, 3.63) is 54.4 Å². The Labute approximate surface area is 128 Å². The highest BCUT2D eigenvalue weighted by molar-refractivity contribution is 5.91. The van der Waals surface area contributed by atoms with Gasteiger partial charge < -0.3 is 15.2 Å². The number of benzene rings is 2. The highest BCUT2D eigenvalue weighted by Gasteiger charge is 2.12. The van der Waals surface area contributed by atoms with Crippen molar-refractivity contribution < 1.29 is 9.84 Å². The second-order valence-electron chi connectivity index (χ2n) is 5.04. The maximum Gasteiger partial charge on any atom is 0.162 e. The average molecular weight is 295 g/mol. The number of aromatic hydroxyl groups is 1. The van der Waals surface area contributed by atoms with Crippen LogP contribution in [0.25, 0.3) is 10.9 Å². The van der Waals surface area contributed by atoms with E-state index in [0.717, 1.165) is 10.9 Å². The number of nitrogens with zero attached hydrogens (tertiary/aromatic N) is 2. The van der Waals surface area contributed by atoms with Gasteiger partial charge in [0.2, 0.25) is 0 Å². The molecule has 0 saturated heterocycles. The summed E-state index contributed by atoms with van der Waals surface area (Å²) in [5.74, 6) is 1.15. The molecule has 5 nitrogen and oxygen atoms in total. The fourth-order valence-corrected chi connectivity index (χ4v) is 2.38. The number of fused-ring (bicyclic) bond motifs is 1. The van der Waals surface area contributed by atoms with E-state index in [-0.39, 0.29) is 11.8 Å². The highest BCUT2D eigenvalue weighted by Crippen LogP contribution is 2.33. The lowest BCUT2D eigenvalue weighted by molar-refractivity contribution is 0.374. The van der Waals surface area contributed by atoms with E-state index in [0.29, 0.717) is 17.1 Å². The quantitative estimate of drug-likeness (QED) is 0.771. The topological polar surface area (TPSA) is 67.3 Å². The molecule has 0 aliphatic carbocycles. The standard InChI is InChI=1S/C17H17N3O2/c1-11(12-6-4-3-5-7-12)20-17-13-8-15(21)16(22-2)9-14(13)18-10-19-17/h3-11,21H,1-2H3,(H,18,19,20)/t11-/m0/s1. The van der Waals surface area contributed by atoms with Crippen molar-refractivity contribution in [1.82, 2.24) is 9.97 Å². The van der Waals surface area contributed by atoms with Crippen molar-refractivity contribution in [2.45, 2.75) is 13.0 Å². The predicted molar refractivity (Wildman–Crippen MR) is 86.2 cm³/mol. The zero-order valence-electron chi connectivity index (χ0n) is 12.4. The van der Waals surface area contributed by atoms with E-state index in [9.17, 15) is 5.11 Å². The fraction of sp³-hybridized carbons (Fsp3) is 0.176. The van der Waals surface area contributed by atoms with E-state index in [1.165, 1.54) is 13.4 Å². The second kappa shape index (κ2) is 5.89. The van der Waals surface area contributed by atoms with Gasteiger partial charge in [0.25, 0.3) is 0 Å². The Balaban J connectivity index is 1.99. The van der Waals surface area contributed by atoms with Gasteiger partial charge in [0.15, 0.2) is 11.5 Å². The lowest BCUT2D eigenvalue weighted by atomic mass is 10.1. The predicted octanol–water partition coefficient (Wildman–Crippen LogP) is 3.52. The number of phenols is 1. The molecular formula is C17H17N3O2. The first-order valence-electron chi connectivity index (χ1n) is 7.02. The summed E-state index contributed by atoms with van der Waals surface area (Å²) in [7, 11) is 1.51. The maximum absolute atomic E-state index is 9.98. The van der Waals surface area contributed by atoms with Gasteiger partial charge in [0.1, 0.15) is 12.1 Å². The summed E-state index contributed by atoms with van der Waals surface area (Å²) < 4.78 is 5.11. The average Bonchev–Trinajstić information content (AvgIpc) is 2.55. The fourth-order valence-electron chi connectivity index (χ4n) is 2.38. The Kier molecular flexibility index (Phi) is 3.78. The van der Waals surface area contributed by atoms with E-state index >= 15 is 0 Å². The molecule has 0 bridgehead atoms. The molecule has 0 unspecified atom stereocenters. The number of hydrogen-bond donors (Lipinski definition) is 2. The van der Waals surface area contributed by atoms with Crippen LogP contribution in [0, 0.1) is 0 Å². The summed E-state index contributed by atoms with van der Waals surface area (Å²) in [6, 6.07) is 13.5. The molecular weight excluding hydrogens is 278 g/mol. The van der Waals surface area contributed by atoms with Crippen molar-refractivity contribution in [1.29, 1.82) is 0 Å². The van der Waals surface area contributed by atoms with Crippen molar-refractivity contribution in [3.63, 3.8) is 0 Å². The Morgan fingerprint density at radius 1 is 1.14 bits per heavy atom. The van der Waals surface area contributed by atoms with Gasteiger partial charge in [-0.25, -0.2) is 9.97 Å². The Bertz CT molecular complexity index is 791. The summed E-state index contributed by atoms with van der Waals surface area (Å²) in [5.41, 5.74) is 1.87. The van der Waals surface area contributed by atoms with Crippen LogP contribution in [0.15, 0.2) is 48.8 Å². The number of nitrogens with one attached hydrogen (secondary N) is 1. The molecule has 0 saturated carbocycles. The molecule has 0 aliphatic rings. The van der Waals surface area contributed by atoms with Crippen LogP contribution in [0.4, 0.5) is 5.82 Å². The third-order valence-electron chi connectivity index (χ3n) is 3.59. The van der Waals surface area contributed by atoms with Crippen LogP contribution in [-0.2, 0) is 0 Å². The van der Waals surface area contributed by atoms with Crippen molar-refractivity contribution in [2.24, 2.45) is 0 Å². The smallest absolute Gasteiger partial charge is 0.162 e. The summed E-state index contributed by atoms with van der Waals surface area (Å²) in [6.07, 6.45) is 1.50. The zero-order valence-corrected chi connectivity index (χ0v) is 12.4. The first-order valence-corrected chi connectivity index (χ1v) is 7.02. The molecule has 0 fully saturated rings. The maximum atomic E-state index is 9.98. The number of hydrogen-bond acceptors (Lipinski definition) is 5. The third kappa shape index (κ3) is 2.65. The van der Waals surface area contributed by atoms with Gasteiger partial charge in [-0.05, 0) is 18.6 Å². The molecule has 2 aromatic carbocycles. The minimum Gasteiger partial charge on any atom is -0.504 e. The van der Waals surface area contributed by atoms with Crippen LogP contribution in [0.5, 0.6) is 11.5 Å². The molecule has 0 amide bonds. The van der Waals surface area contributed by atoms with E-state index in [1.54, 1.807) is 12.1 Å². The van der Waals surface area contributed by atoms with Crippen LogP contribution in [0.1, 0.15) is 18.5 Å². The molecule has 3 rings (SSSR count). The normalized spacial score (nSPS) is 12.1. The van der Waals surface area contributed by atoms with E-state index in [2.05, 4.69) is 34.3 Å². The van der Waals surface area contributed by atoms with Crippen LogP contribution in [0.3, 0.4) is 0 Å². The number of rotatable bonds is 4. The Morgan fingerprint density at radius 2 is 1.91 bits per heavy atom. The van der Waals surface area contributed by atoms with Gasteiger partial charge in [0.05, 0.1) is 12.6 Å². The molecule has 2 N–H and O–H groups in total. The van der Waals surface area contributed by atoms with Crippen LogP contribution in [0.2, 0.25) is 0 Å². The minimum absolute atomic E-state index is 0.0696.